The Balaban J connectivity index is 2.11. The molecular formula is C19H20N4O. The smallest absolute Gasteiger partial charge is 0.241 e. The minimum Gasteiger partial charge on any atom is -0.366 e. The number of nitrogens with one attached hydrogen (secondary N) is 1. The highest BCUT2D eigenvalue weighted by Crippen LogP contribution is 2.27. The molecule has 0 aromatic carbocycles. The number of amides is 1. The molecule has 3 aromatic rings. The molecule has 24 heavy (non-hydrogen) atoms. The minimum absolute atomic E-state index is 0.363. The molecule has 0 radical (unpaired) electrons. The summed E-state index contributed by atoms with van der Waals surface area (Å²) in [6.07, 6.45) is 6.71. The van der Waals surface area contributed by atoms with Crippen LogP contribution in [-0.4, -0.2) is 20.9 Å². The number of aromatic amines is 1. The van der Waals surface area contributed by atoms with Gasteiger partial charge in [-0.25, -0.2) is 4.98 Å². The van der Waals surface area contributed by atoms with E-state index in [1.807, 2.05) is 19.3 Å². The average Bonchev–Trinajstić information content (AvgIpc) is 2.94. The summed E-state index contributed by atoms with van der Waals surface area (Å²) in [7, 11) is 0. The summed E-state index contributed by atoms with van der Waals surface area (Å²) >= 11 is 0. The fraction of sp³-hybridized carbons (Fsp3) is 0.211. The van der Waals surface area contributed by atoms with E-state index in [1.54, 1.807) is 6.08 Å². The summed E-state index contributed by atoms with van der Waals surface area (Å²) in [5.41, 5.74) is 11.0. The number of aryl methyl sites for hydroxylation is 1. The fourth-order valence-corrected chi connectivity index (χ4v) is 2.65. The predicted octanol–water partition coefficient (Wildman–Crippen LogP) is 3.56. The Bertz CT molecular complexity index is 938. The topological polar surface area (TPSA) is 84.7 Å². The van der Waals surface area contributed by atoms with Gasteiger partial charge in [0.15, 0.2) is 0 Å². The van der Waals surface area contributed by atoms with Gasteiger partial charge in [0.2, 0.25) is 5.91 Å². The second kappa shape index (κ2) is 6.28. The number of carbonyl (C=O) groups excluding carboxylic acids is 1. The van der Waals surface area contributed by atoms with Crippen molar-refractivity contribution in [2.24, 2.45) is 5.73 Å². The maximum absolute atomic E-state index is 11.0. The van der Waals surface area contributed by atoms with E-state index >= 15 is 0 Å². The van der Waals surface area contributed by atoms with Crippen molar-refractivity contribution in [3.05, 3.63) is 53.6 Å². The molecule has 0 bridgehead atoms. The molecule has 3 aromatic heterocycles. The maximum Gasteiger partial charge on any atom is 0.241 e. The number of aromatic nitrogens is 3. The van der Waals surface area contributed by atoms with Gasteiger partial charge in [-0.2, -0.15) is 0 Å². The largest absolute Gasteiger partial charge is 0.366 e. The van der Waals surface area contributed by atoms with Crippen LogP contribution in [0.25, 0.3) is 28.2 Å². The Kier molecular flexibility index (Phi) is 4.16. The van der Waals surface area contributed by atoms with Crippen LogP contribution in [0.5, 0.6) is 0 Å². The van der Waals surface area contributed by atoms with Crippen LogP contribution in [0.1, 0.15) is 36.7 Å². The number of fused-ring (bicyclic) bond motifs is 1. The highest BCUT2D eigenvalue weighted by Gasteiger charge is 2.09. The third kappa shape index (κ3) is 3.20. The number of nitrogens with two attached hydrogens (primary N) is 1. The standard InChI is InChI=1S/C19H20N4O/c1-11(2)17-8-14(6-12(3)23-17)15-7-16-13(4-5-18(20)24)9-21-19(16)22-10-15/h4-11H,1-3H3,(H2,20,24)(H,21,22)/b5-4+. The normalized spacial score (nSPS) is 11.7. The SMILES string of the molecule is Cc1cc(-c2cnc3[nH]cc(/C=C/C(N)=O)c3c2)cc(C(C)C)n1. The van der Waals surface area contributed by atoms with Crippen molar-refractivity contribution in [2.45, 2.75) is 26.7 Å². The summed E-state index contributed by atoms with van der Waals surface area (Å²) in [5.74, 6) is -0.110. The van der Waals surface area contributed by atoms with Gasteiger partial charge in [-0.15, -0.1) is 0 Å². The molecule has 3 heterocycles. The lowest BCUT2D eigenvalue weighted by atomic mass is 10.0. The minimum atomic E-state index is -0.472. The van der Waals surface area contributed by atoms with Crippen LogP contribution in [0, 0.1) is 6.92 Å². The molecule has 0 aliphatic heterocycles. The van der Waals surface area contributed by atoms with Gasteiger partial charge in [-0.3, -0.25) is 9.78 Å². The van der Waals surface area contributed by atoms with E-state index in [9.17, 15) is 4.79 Å². The summed E-state index contributed by atoms with van der Waals surface area (Å²) in [4.78, 5) is 23.1. The third-order valence-electron chi connectivity index (χ3n) is 3.89. The van der Waals surface area contributed by atoms with Crippen molar-refractivity contribution in [1.29, 1.82) is 0 Å². The molecule has 0 unspecified atom stereocenters. The van der Waals surface area contributed by atoms with Crippen LogP contribution in [0.3, 0.4) is 0 Å². The molecule has 5 heteroatoms. The molecular weight excluding hydrogens is 300 g/mol. The monoisotopic (exact) mass is 320 g/mol. The van der Waals surface area contributed by atoms with Crippen molar-refractivity contribution in [3.8, 4) is 11.1 Å². The van der Waals surface area contributed by atoms with E-state index in [1.165, 1.54) is 6.08 Å². The number of H-pyrrole nitrogens is 1. The van der Waals surface area contributed by atoms with Crippen LogP contribution in [0.4, 0.5) is 0 Å². The van der Waals surface area contributed by atoms with Crippen molar-refractivity contribution in [1.82, 2.24) is 15.0 Å². The van der Waals surface area contributed by atoms with Gasteiger partial charge in [0, 0.05) is 46.4 Å². The molecule has 0 saturated carbocycles. The first-order chi connectivity index (χ1) is 11.4. The lowest BCUT2D eigenvalue weighted by Gasteiger charge is -2.09. The molecule has 3 N–H and O–H groups in total. The lowest BCUT2D eigenvalue weighted by molar-refractivity contribution is -0.113. The molecule has 3 rings (SSSR count). The van der Waals surface area contributed by atoms with Gasteiger partial charge in [-0.05, 0) is 42.7 Å². The molecule has 1 amide bonds. The number of primary amides is 1. The second-order valence-electron chi connectivity index (χ2n) is 6.18. The predicted molar refractivity (Wildman–Crippen MR) is 96.4 cm³/mol. The quantitative estimate of drug-likeness (QED) is 0.721. The highest BCUT2D eigenvalue weighted by atomic mass is 16.1. The number of hydrogen-bond donors (Lipinski definition) is 2. The van der Waals surface area contributed by atoms with Crippen molar-refractivity contribution < 1.29 is 4.79 Å². The number of carbonyl (C=O) groups is 1. The van der Waals surface area contributed by atoms with Gasteiger partial charge in [0.25, 0.3) is 0 Å². The summed E-state index contributed by atoms with van der Waals surface area (Å²) in [6, 6.07) is 6.23. The van der Waals surface area contributed by atoms with Crippen molar-refractivity contribution in [2.75, 3.05) is 0 Å². The first kappa shape index (κ1) is 15.9. The number of rotatable bonds is 4. The molecule has 0 fully saturated rings. The zero-order valence-electron chi connectivity index (χ0n) is 14.0. The van der Waals surface area contributed by atoms with Gasteiger partial charge in [0.05, 0.1) is 0 Å². The Morgan fingerprint density at radius 1 is 1.25 bits per heavy atom. The van der Waals surface area contributed by atoms with Gasteiger partial charge in [0.1, 0.15) is 5.65 Å². The summed E-state index contributed by atoms with van der Waals surface area (Å²) < 4.78 is 0. The van der Waals surface area contributed by atoms with E-state index < -0.39 is 5.91 Å². The van der Waals surface area contributed by atoms with Crippen LogP contribution < -0.4 is 5.73 Å². The van der Waals surface area contributed by atoms with E-state index in [-0.39, 0.29) is 0 Å². The summed E-state index contributed by atoms with van der Waals surface area (Å²) in [5, 5.41) is 0.950. The first-order valence-corrected chi connectivity index (χ1v) is 7.87. The van der Waals surface area contributed by atoms with Crippen LogP contribution >= 0.6 is 0 Å². The van der Waals surface area contributed by atoms with Crippen molar-refractivity contribution >= 4 is 23.0 Å². The Morgan fingerprint density at radius 3 is 2.75 bits per heavy atom. The molecule has 0 atom stereocenters. The van der Waals surface area contributed by atoms with Crippen LogP contribution in [-0.2, 0) is 4.79 Å². The number of hydrogen-bond acceptors (Lipinski definition) is 3. The molecule has 0 aliphatic rings. The lowest BCUT2D eigenvalue weighted by Crippen LogP contribution is -2.04. The summed E-state index contributed by atoms with van der Waals surface area (Å²) in [6.45, 7) is 6.26. The fourth-order valence-electron chi connectivity index (χ4n) is 2.65. The van der Waals surface area contributed by atoms with Crippen LogP contribution in [0.15, 0.2) is 36.7 Å². The number of nitrogens with zero attached hydrogens (tertiary/aromatic N) is 2. The molecule has 0 aliphatic carbocycles. The average molecular weight is 320 g/mol. The van der Waals surface area contributed by atoms with E-state index in [2.05, 4.69) is 47.0 Å². The maximum atomic E-state index is 11.0. The zero-order chi connectivity index (χ0) is 17.3. The zero-order valence-corrected chi connectivity index (χ0v) is 14.0. The van der Waals surface area contributed by atoms with Crippen LogP contribution in [0.2, 0.25) is 0 Å². The highest BCUT2D eigenvalue weighted by molar-refractivity contribution is 5.95. The Morgan fingerprint density at radius 2 is 2.04 bits per heavy atom. The molecule has 122 valence electrons. The molecule has 5 nitrogen and oxygen atoms in total. The Labute approximate surface area is 140 Å². The third-order valence-corrected chi connectivity index (χ3v) is 3.89. The van der Waals surface area contributed by atoms with Gasteiger partial charge in [-0.1, -0.05) is 13.8 Å². The first-order valence-electron chi connectivity index (χ1n) is 7.87. The van der Waals surface area contributed by atoms with E-state index in [0.29, 0.717) is 5.92 Å². The number of pyridine rings is 2. The van der Waals surface area contributed by atoms with E-state index in [0.717, 1.165) is 39.1 Å². The molecule has 0 saturated heterocycles. The van der Waals surface area contributed by atoms with Gasteiger partial charge >= 0.3 is 0 Å². The van der Waals surface area contributed by atoms with Crippen molar-refractivity contribution in [3.63, 3.8) is 0 Å². The van der Waals surface area contributed by atoms with E-state index in [4.69, 9.17) is 5.73 Å². The second-order valence-corrected chi connectivity index (χ2v) is 6.18. The Hall–Kier alpha value is -2.95. The molecule has 0 spiro atoms. The van der Waals surface area contributed by atoms with Gasteiger partial charge < -0.3 is 10.7 Å².